The van der Waals surface area contributed by atoms with Crippen LogP contribution in [-0.4, -0.2) is 44.6 Å². The largest absolute Gasteiger partial charge is 0.370 e. The molecule has 0 unspecified atom stereocenters. The number of fused-ring (bicyclic) bond motifs is 1. The Balaban J connectivity index is 1.64. The minimum absolute atomic E-state index is 0.0531. The quantitative estimate of drug-likeness (QED) is 0.384. The summed E-state index contributed by atoms with van der Waals surface area (Å²) >= 11 is 5.77. The molecule has 10 heteroatoms. The first kappa shape index (κ1) is 22.5. The Labute approximate surface area is 199 Å². The minimum atomic E-state index is -0.748. The molecule has 1 aliphatic rings. The van der Waals surface area contributed by atoms with Gasteiger partial charge in [0, 0.05) is 24.0 Å². The molecule has 0 saturated carbocycles. The lowest BCUT2D eigenvalue weighted by Crippen LogP contribution is -2.39. The van der Waals surface area contributed by atoms with E-state index in [1.165, 1.54) is 0 Å². The van der Waals surface area contributed by atoms with Crippen molar-refractivity contribution in [2.45, 2.75) is 26.9 Å². The zero-order chi connectivity index (χ0) is 24.0. The Morgan fingerprint density at radius 3 is 2.59 bits per heavy atom. The molecular formula is C24H21ClF2N6O. The van der Waals surface area contributed by atoms with E-state index in [1.54, 1.807) is 13.1 Å². The van der Waals surface area contributed by atoms with Gasteiger partial charge >= 0.3 is 0 Å². The monoisotopic (exact) mass is 482 g/mol. The number of halogens is 3. The highest BCUT2D eigenvalue weighted by atomic mass is 35.5. The first-order valence-electron chi connectivity index (χ1n) is 10.8. The van der Waals surface area contributed by atoms with Crippen LogP contribution in [0.25, 0.3) is 22.4 Å². The van der Waals surface area contributed by atoms with Crippen LogP contribution in [0.3, 0.4) is 0 Å². The number of anilines is 1. The molecule has 1 aliphatic heterocycles. The topological polar surface area (TPSA) is 76.9 Å². The van der Waals surface area contributed by atoms with E-state index in [0.717, 1.165) is 23.4 Å². The molecule has 0 radical (unpaired) electrons. The maximum absolute atomic E-state index is 14.9. The smallest absolute Gasteiger partial charge is 0.228 e. The number of aryl methyl sites for hydroxylation is 3. The summed E-state index contributed by atoms with van der Waals surface area (Å²) in [6.45, 7) is 6.99. The molecular weight excluding hydrogens is 462 g/mol. The van der Waals surface area contributed by atoms with E-state index in [4.69, 9.17) is 16.3 Å². The van der Waals surface area contributed by atoms with Crippen molar-refractivity contribution in [2.24, 2.45) is 0 Å². The summed E-state index contributed by atoms with van der Waals surface area (Å²) in [6.07, 6.45) is 1.53. The van der Waals surface area contributed by atoms with Crippen LogP contribution in [0.4, 0.5) is 14.7 Å². The van der Waals surface area contributed by atoms with Crippen molar-refractivity contribution in [3.8, 4) is 11.3 Å². The van der Waals surface area contributed by atoms with Gasteiger partial charge in [0.2, 0.25) is 5.95 Å². The molecule has 0 spiro atoms. The van der Waals surface area contributed by atoms with Crippen molar-refractivity contribution in [1.82, 2.24) is 24.9 Å². The highest BCUT2D eigenvalue weighted by Gasteiger charge is 2.26. The maximum atomic E-state index is 14.9. The Bertz CT molecular complexity index is 1420. The fraction of sp³-hybridized carbons (Fsp3) is 0.292. The minimum Gasteiger partial charge on any atom is -0.370 e. The predicted molar refractivity (Wildman–Crippen MR) is 125 cm³/mol. The van der Waals surface area contributed by atoms with Gasteiger partial charge in [-0.2, -0.15) is 4.98 Å². The molecule has 4 aromatic rings. The van der Waals surface area contributed by atoms with E-state index in [0.29, 0.717) is 48.2 Å². The number of rotatable bonds is 3. The van der Waals surface area contributed by atoms with Crippen LogP contribution in [0.5, 0.6) is 0 Å². The van der Waals surface area contributed by atoms with Gasteiger partial charge in [-0.05, 0) is 50.6 Å². The van der Waals surface area contributed by atoms with E-state index in [1.807, 2.05) is 30.9 Å². The lowest BCUT2D eigenvalue weighted by molar-refractivity contribution is 0.0391. The lowest BCUT2D eigenvalue weighted by Gasteiger charge is -2.33. The average Bonchev–Trinajstić information content (AvgIpc) is 2.82. The third-order valence-electron chi connectivity index (χ3n) is 5.84. The van der Waals surface area contributed by atoms with Gasteiger partial charge in [0.15, 0.2) is 5.65 Å². The number of ether oxygens (including phenoxy) is 1. The van der Waals surface area contributed by atoms with Gasteiger partial charge in [-0.1, -0.05) is 11.6 Å². The van der Waals surface area contributed by atoms with Crippen LogP contribution >= 0.6 is 11.6 Å². The average molecular weight is 483 g/mol. The second-order valence-electron chi connectivity index (χ2n) is 8.22. The zero-order valence-electron chi connectivity index (χ0n) is 18.8. The van der Waals surface area contributed by atoms with Crippen LogP contribution in [0.15, 0.2) is 30.5 Å². The summed E-state index contributed by atoms with van der Waals surface area (Å²) in [5, 5.41) is -0.304. The van der Waals surface area contributed by atoms with Crippen molar-refractivity contribution in [1.29, 1.82) is 0 Å². The predicted octanol–water partition coefficient (Wildman–Crippen LogP) is 4.92. The molecule has 1 fully saturated rings. The van der Waals surface area contributed by atoms with Gasteiger partial charge in [-0.15, -0.1) is 0 Å². The number of morpholine rings is 1. The fourth-order valence-corrected chi connectivity index (χ4v) is 4.08. The Kier molecular flexibility index (Phi) is 5.83. The molecule has 0 N–H and O–H groups in total. The van der Waals surface area contributed by atoms with Gasteiger partial charge in [0.25, 0.3) is 0 Å². The summed E-state index contributed by atoms with van der Waals surface area (Å²) in [7, 11) is 0. The zero-order valence-corrected chi connectivity index (χ0v) is 19.6. The van der Waals surface area contributed by atoms with Crippen molar-refractivity contribution in [2.75, 3.05) is 24.6 Å². The summed E-state index contributed by atoms with van der Waals surface area (Å²) in [5.41, 5.74) is 3.94. The molecule has 4 heterocycles. The Morgan fingerprint density at radius 1 is 1.00 bits per heavy atom. The second-order valence-corrected chi connectivity index (χ2v) is 8.63. The molecule has 0 amide bonds. The second kappa shape index (κ2) is 8.81. The van der Waals surface area contributed by atoms with Gasteiger partial charge in [0.1, 0.15) is 28.9 Å². The summed E-state index contributed by atoms with van der Waals surface area (Å²) in [5.74, 6) is -1.11. The first-order valence-corrected chi connectivity index (χ1v) is 11.1. The first-order chi connectivity index (χ1) is 16.3. The van der Waals surface area contributed by atoms with E-state index in [-0.39, 0.29) is 22.4 Å². The fourth-order valence-electron chi connectivity index (χ4n) is 3.93. The molecule has 7 nitrogen and oxygen atoms in total. The normalized spacial score (nSPS) is 16.3. The molecule has 0 bridgehead atoms. The molecule has 0 aliphatic carbocycles. The SMILES string of the molecule is Cc1cc([C@@H]2CN(c3nc(-c4cc(F)c(Cl)cc4F)c4nc(C)c(C)nc4n3)CCO2)ccn1. The molecule has 1 aromatic carbocycles. The van der Waals surface area contributed by atoms with E-state index in [9.17, 15) is 8.78 Å². The van der Waals surface area contributed by atoms with Crippen molar-refractivity contribution >= 4 is 28.7 Å². The van der Waals surface area contributed by atoms with Crippen LogP contribution in [-0.2, 0) is 4.74 Å². The van der Waals surface area contributed by atoms with E-state index >= 15 is 0 Å². The lowest BCUT2D eigenvalue weighted by atomic mass is 10.1. The summed E-state index contributed by atoms with van der Waals surface area (Å²) in [4.78, 5) is 24.6. The molecule has 3 aromatic heterocycles. The maximum Gasteiger partial charge on any atom is 0.228 e. The van der Waals surface area contributed by atoms with Gasteiger partial charge in [-0.25, -0.2) is 23.7 Å². The van der Waals surface area contributed by atoms with Crippen molar-refractivity contribution in [3.05, 3.63) is 69.8 Å². The van der Waals surface area contributed by atoms with E-state index in [2.05, 4.69) is 24.9 Å². The number of hydrogen-bond donors (Lipinski definition) is 0. The number of benzene rings is 1. The summed E-state index contributed by atoms with van der Waals surface area (Å²) in [6, 6.07) is 5.86. The van der Waals surface area contributed by atoms with Gasteiger partial charge in [0.05, 0.1) is 29.6 Å². The number of aromatic nitrogens is 5. The van der Waals surface area contributed by atoms with E-state index < -0.39 is 11.6 Å². The number of hydrogen-bond acceptors (Lipinski definition) is 7. The van der Waals surface area contributed by atoms with Gasteiger partial charge in [-0.3, -0.25) is 4.98 Å². The third kappa shape index (κ3) is 4.17. The molecule has 1 saturated heterocycles. The van der Waals surface area contributed by atoms with Gasteiger partial charge < -0.3 is 9.64 Å². The molecule has 34 heavy (non-hydrogen) atoms. The molecule has 5 rings (SSSR count). The van der Waals surface area contributed by atoms with Crippen molar-refractivity contribution < 1.29 is 13.5 Å². The van der Waals surface area contributed by atoms with Crippen molar-refractivity contribution in [3.63, 3.8) is 0 Å². The molecule has 1 atom stereocenters. The van der Waals surface area contributed by atoms with Crippen LogP contribution in [0, 0.1) is 32.4 Å². The third-order valence-corrected chi connectivity index (χ3v) is 6.13. The van der Waals surface area contributed by atoms with Crippen LogP contribution in [0.2, 0.25) is 5.02 Å². The van der Waals surface area contributed by atoms with Crippen LogP contribution < -0.4 is 4.90 Å². The highest BCUT2D eigenvalue weighted by molar-refractivity contribution is 6.30. The standard InChI is InChI=1S/C24H21ClF2N6O/c1-12-8-15(4-5-28-12)20-11-33(6-7-34-20)24-31-21(16-9-19(27)17(25)10-18(16)26)22-23(32-24)30-14(3)13(2)29-22/h4-5,8-10,20H,6-7,11H2,1-3H3/t20-/m0/s1. The summed E-state index contributed by atoms with van der Waals surface area (Å²) < 4.78 is 35.2. The number of pyridine rings is 1. The Hall–Kier alpha value is -3.30. The molecule has 174 valence electrons. The highest BCUT2D eigenvalue weighted by Crippen LogP contribution is 2.33. The Morgan fingerprint density at radius 2 is 1.79 bits per heavy atom. The van der Waals surface area contributed by atoms with Crippen LogP contribution in [0.1, 0.15) is 28.7 Å². The number of nitrogens with zero attached hydrogens (tertiary/aromatic N) is 6.